The minimum atomic E-state index is -0.244. The summed E-state index contributed by atoms with van der Waals surface area (Å²) in [6.45, 7) is 7.13. The number of hydrogen-bond acceptors (Lipinski definition) is 3. The molecule has 0 amide bonds. The van der Waals surface area contributed by atoms with Crippen LogP contribution in [0, 0.1) is 23.2 Å². The smallest absolute Gasteiger partial charge is 0.168 e. The Morgan fingerprint density at radius 3 is 2.15 bits per heavy atom. The van der Waals surface area contributed by atoms with E-state index in [1.54, 1.807) is 0 Å². The Balaban J connectivity index is 1.30. The minimum absolute atomic E-state index is 0.179. The second-order valence-electron chi connectivity index (χ2n) is 8.45. The zero-order valence-electron chi connectivity index (χ0n) is 12.9. The average Bonchev–Trinajstić information content (AvgIpc) is 3.06. The Morgan fingerprint density at radius 1 is 1.00 bits per heavy atom. The first-order chi connectivity index (χ1) is 9.54. The first kappa shape index (κ1) is 13.5. The lowest BCUT2D eigenvalue weighted by molar-refractivity contribution is -0.297. The highest BCUT2D eigenvalue weighted by Crippen LogP contribution is 2.53. The Morgan fingerprint density at radius 2 is 1.60 bits per heavy atom. The van der Waals surface area contributed by atoms with E-state index >= 15 is 0 Å². The average molecular weight is 280 g/mol. The van der Waals surface area contributed by atoms with E-state index in [4.69, 9.17) is 14.2 Å². The van der Waals surface area contributed by atoms with Crippen LogP contribution < -0.4 is 0 Å². The van der Waals surface area contributed by atoms with Gasteiger partial charge in [-0.3, -0.25) is 0 Å². The van der Waals surface area contributed by atoms with Gasteiger partial charge in [0.15, 0.2) is 5.79 Å². The van der Waals surface area contributed by atoms with E-state index in [1.807, 2.05) is 0 Å². The predicted molar refractivity (Wildman–Crippen MR) is 76.3 cm³/mol. The number of hydrogen-bond donors (Lipinski definition) is 0. The molecule has 0 radical (unpaired) electrons. The van der Waals surface area contributed by atoms with Crippen molar-refractivity contribution in [3.8, 4) is 0 Å². The Kier molecular flexibility index (Phi) is 3.17. The summed E-state index contributed by atoms with van der Waals surface area (Å²) in [6, 6.07) is 0. The van der Waals surface area contributed by atoms with Gasteiger partial charge in [0.2, 0.25) is 0 Å². The highest BCUT2D eigenvalue weighted by atomic mass is 16.7. The molecule has 1 heterocycles. The molecule has 3 atom stereocenters. The van der Waals surface area contributed by atoms with Gasteiger partial charge in [-0.2, -0.15) is 0 Å². The van der Waals surface area contributed by atoms with Crippen molar-refractivity contribution in [2.24, 2.45) is 23.2 Å². The Bertz CT molecular complexity index is 348. The van der Waals surface area contributed by atoms with Gasteiger partial charge in [-0.25, -0.2) is 0 Å². The van der Waals surface area contributed by atoms with Gasteiger partial charge in [0.1, 0.15) is 0 Å². The van der Waals surface area contributed by atoms with Gasteiger partial charge in [0.25, 0.3) is 0 Å². The van der Waals surface area contributed by atoms with Crippen LogP contribution in [0.2, 0.25) is 0 Å². The minimum Gasteiger partial charge on any atom is -0.378 e. The molecule has 1 saturated heterocycles. The molecule has 3 aliphatic carbocycles. The molecular weight excluding hydrogens is 252 g/mol. The van der Waals surface area contributed by atoms with Crippen LogP contribution in [0.4, 0.5) is 0 Å². The maximum Gasteiger partial charge on any atom is 0.168 e. The van der Waals surface area contributed by atoms with Crippen molar-refractivity contribution < 1.29 is 14.2 Å². The van der Waals surface area contributed by atoms with E-state index in [0.717, 1.165) is 50.4 Å². The second kappa shape index (κ2) is 4.69. The number of rotatable bonds is 3. The fourth-order valence-corrected chi connectivity index (χ4v) is 4.20. The van der Waals surface area contributed by atoms with Crippen LogP contribution in [-0.4, -0.2) is 31.7 Å². The molecule has 0 unspecified atom stereocenters. The molecule has 114 valence electrons. The molecular formula is C17H28O3. The third kappa shape index (κ3) is 2.65. The standard InChI is InChI=1S/C17H28O3/c1-16(2)10-19-17(20-11-16)7-13-5-15(6-14(13)8-17)18-9-12-3-4-12/h12-15H,3-11H2,1-2H3/t13-,14+,15-. The lowest BCUT2D eigenvalue weighted by atomic mass is 9.94. The quantitative estimate of drug-likeness (QED) is 0.793. The summed E-state index contributed by atoms with van der Waals surface area (Å²) < 4.78 is 18.4. The topological polar surface area (TPSA) is 27.7 Å². The SMILES string of the molecule is CC1(C)COC2(C[C@H]3C[C@@H](OCC4CC4)C[C@H]3C2)OC1. The van der Waals surface area contributed by atoms with Gasteiger partial charge >= 0.3 is 0 Å². The van der Waals surface area contributed by atoms with E-state index in [-0.39, 0.29) is 11.2 Å². The molecule has 4 fully saturated rings. The van der Waals surface area contributed by atoms with Crippen molar-refractivity contribution in [2.45, 2.75) is 64.3 Å². The van der Waals surface area contributed by atoms with Gasteiger partial charge in [-0.05, 0) is 43.4 Å². The lowest BCUT2D eigenvalue weighted by Crippen LogP contribution is -2.46. The molecule has 0 aromatic heterocycles. The van der Waals surface area contributed by atoms with E-state index in [9.17, 15) is 0 Å². The second-order valence-corrected chi connectivity index (χ2v) is 8.45. The first-order valence-corrected chi connectivity index (χ1v) is 8.43. The zero-order valence-corrected chi connectivity index (χ0v) is 12.9. The molecule has 4 aliphatic rings. The summed E-state index contributed by atoms with van der Waals surface area (Å²) in [4.78, 5) is 0. The summed E-state index contributed by atoms with van der Waals surface area (Å²) >= 11 is 0. The molecule has 0 aromatic carbocycles. The molecule has 20 heavy (non-hydrogen) atoms. The van der Waals surface area contributed by atoms with Crippen molar-refractivity contribution in [1.82, 2.24) is 0 Å². The monoisotopic (exact) mass is 280 g/mol. The van der Waals surface area contributed by atoms with E-state index < -0.39 is 0 Å². The number of fused-ring (bicyclic) bond motifs is 1. The molecule has 3 heteroatoms. The van der Waals surface area contributed by atoms with Crippen molar-refractivity contribution >= 4 is 0 Å². The molecule has 3 nitrogen and oxygen atoms in total. The van der Waals surface area contributed by atoms with Gasteiger partial charge in [0.05, 0.1) is 19.3 Å². The Hall–Kier alpha value is -0.120. The third-order valence-corrected chi connectivity index (χ3v) is 5.66. The van der Waals surface area contributed by atoms with Crippen LogP contribution in [0.15, 0.2) is 0 Å². The van der Waals surface area contributed by atoms with Crippen molar-refractivity contribution in [2.75, 3.05) is 19.8 Å². The van der Waals surface area contributed by atoms with Crippen LogP contribution in [0.1, 0.15) is 52.4 Å². The molecule has 1 spiro atoms. The largest absolute Gasteiger partial charge is 0.378 e. The fourth-order valence-electron chi connectivity index (χ4n) is 4.20. The van der Waals surface area contributed by atoms with E-state index in [0.29, 0.717) is 6.10 Å². The third-order valence-electron chi connectivity index (χ3n) is 5.66. The summed E-state index contributed by atoms with van der Waals surface area (Å²) in [5.74, 6) is 2.17. The fraction of sp³-hybridized carbons (Fsp3) is 1.00. The summed E-state index contributed by atoms with van der Waals surface area (Å²) in [5.41, 5.74) is 0.179. The molecule has 0 bridgehead atoms. The summed E-state index contributed by atoms with van der Waals surface area (Å²) in [7, 11) is 0. The molecule has 4 rings (SSSR count). The normalized spacial score (nSPS) is 42.0. The first-order valence-electron chi connectivity index (χ1n) is 8.43. The molecule has 1 aliphatic heterocycles. The highest BCUT2D eigenvalue weighted by Gasteiger charge is 2.53. The Labute approximate surface area is 122 Å². The van der Waals surface area contributed by atoms with Crippen molar-refractivity contribution in [3.05, 3.63) is 0 Å². The van der Waals surface area contributed by atoms with Gasteiger partial charge in [0, 0.05) is 24.9 Å². The van der Waals surface area contributed by atoms with E-state index in [2.05, 4.69) is 13.8 Å². The highest BCUT2D eigenvalue weighted by molar-refractivity contribution is 4.98. The van der Waals surface area contributed by atoms with Crippen LogP contribution >= 0.6 is 0 Å². The van der Waals surface area contributed by atoms with E-state index in [1.165, 1.54) is 25.7 Å². The van der Waals surface area contributed by atoms with Gasteiger partial charge in [-0.1, -0.05) is 13.8 Å². The maximum atomic E-state index is 6.16. The van der Waals surface area contributed by atoms with Crippen LogP contribution in [0.5, 0.6) is 0 Å². The predicted octanol–water partition coefficient (Wildman–Crippen LogP) is 3.37. The van der Waals surface area contributed by atoms with Gasteiger partial charge in [-0.15, -0.1) is 0 Å². The van der Waals surface area contributed by atoms with Crippen LogP contribution in [0.3, 0.4) is 0 Å². The molecule has 0 aromatic rings. The molecule has 3 saturated carbocycles. The lowest BCUT2D eigenvalue weighted by Gasteiger charge is -2.42. The van der Waals surface area contributed by atoms with Gasteiger partial charge < -0.3 is 14.2 Å². The summed E-state index contributed by atoms with van der Waals surface area (Å²) in [6.07, 6.45) is 7.95. The maximum absolute atomic E-state index is 6.16. The van der Waals surface area contributed by atoms with Crippen LogP contribution in [-0.2, 0) is 14.2 Å². The van der Waals surface area contributed by atoms with Crippen molar-refractivity contribution in [3.63, 3.8) is 0 Å². The molecule has 0 N–H and O–H groups in total. The summed E-state index contributed by atoms with van der Waals surface area (Å²) in [5, 5.41) is 0. The van der Waals surface area contributed by atoms with Crippen molar-refractivity contribution in [1.29, 1.82) is 0 Å². The zero-order chi connectivity index (χ0) is 13.8. The van der Waals surface area contributed by atoms with Crippen LogP contribution in [0.25, 0.3) is 0 Å². The number of ether oxygens (including phenoxy) is 3.